The number of hydrogen-bond donors (Lipinski definition) is 0. The second kappa shape index (κ2) is 14.9. The van der Waals surface area contributed by atoms with Gasteiger partial charge in [-0.15, -0.1) is 6.58 Å². The van der Waals surface area contributed by atoms with E-state index in [0.29, 0.717) is 46.2 Å². The lowest BCUT2D eigenvalue weighted by Crippen LogP contribution is -2.34. The summed E-state index contributed by atoms with van der Waals surface area (Å²) in [5, 5.41) is 1.29. The smallest absolute Gasteiger partial charge is 0.243 e. The van der Waals surface area contributed by atoms with E-state index >= 15 is 0 Å². The molecule has 1 saturated carbocycles. The lowest BCUT2D eigenvalue weighted by Gasteiger charge is -2.10. The summed E-state index contributed by atoms with van der Waals surface area (Å²) < 4.78 is 24.4. The van der Waals surface area contributed by atoms with E-state index in [1.165, 1.54) is 36.5 Å². The van der Waals surface area contributed by atoms with Crippen LogP contribution in [0.5, 0.6) is 5.75 Å². The van der Waals surface area contributed by atoms with E-state index in [1.54, 1.807) is 6.08 Å². The third-order valence-corrected chi connectivity index (χ3v) is 6.01. The Bertz CT molecular complexity index is 549. The van der Waals surface area contributed by atoms with Gasteiger partial charge in [-0.05, 0) is 25.7 Å². The predicted molar refractivity (Wildman–Crippen MR) is 113 cm³/mol. The molecule has 0 radical (unpaired) electrons. The molecule has 1 aromatic rings. The molecule has 0 bridgehead atoms. The van der Waals surface area contributed by atoms with E-state index in [2.05, 4.69) is 30.3 Å². The molecule has 1 aliphatic carbocycles. The number of pyridine rings is 1. The van der Waals surface area contributed by atoms with Gasteiger partial charge < -0.3 is 18.9 Å². The molecular weight excluding hydrogens is 374 g/mol. The zero-order valence-corrected chi connectivity index (χ0v) is 18.1. The Labute approximate surface area is 174 Å². The number of hydrogen-bond acceptors (Lipinski definition) is 5. The van der Waals surface area contributed by atoms with Gasteiger partial charge in [-0.1, -0.05) is 30.7 Å². The van der Waals surface area contributed by atoms with E-state index in [9.17, 15) is 0 Å². The third-order valence-electron chi connectivity index (χ3n) is 4.73. The molecular formula is C22H36NO4S+. The number of aryl methyl sites for hydroxylation is 1. The Hall–Kier alpha value is -1.08. The number of thioether (sulfide) groups is 1. The van der Waals surface area contributed by atoms with Crippen molar-refractivity contribution in [2.24, 2.45) is 5.92 Å². The highest BCUT2D eigenvalue weighted by Gasteiger charge is 2.18. The molecule has 0 unspecified atom stereocenters. The van der Waals surface area contributed by atoms with Crippen LogP contribution in [0.4, 0.5) is 0 Å². The third kappa shape index (κ3) is 9.41. The number of nitrogens with zero attached hydrogens (tertiary/aromatic N) is 1. The summed E-state index contributed by atoms with van der Waals surface area (Å²) in [6.07, 6.45) is 9.42. The van der Waals surface area contributed by atoms with Crippen LogP contribution in [0.15, 0.2) is 36.0 Å². The molecule has 5 nitrogen and oxygen atoms in total. The molecule has 2 rings (SSSR count). The number of ether oxygens (including phenoxy) is 4. The first-order valence-corrected chi connectivity index (χ1v) is 11.4. The number of rotatable bonds is 16. The van der Waals surface area contributed by atoms with Crippen LogP contribution in [0, 0.1) is 5.92 Å². The van der Waals surface area contributed by atoms with Crippen molar-refractivity contribution in [3.63, 3.8) is 0 Å². The van der Waals surface area contributed by atoms with Crippen molar-refractivity contribution in [3.05, 3.63) is 31.0 Å². The largest absolute Gasteiger partial charge is 0.491 e. The SMILES string of the molecule is C=CCOCCOCCOCCOc1cc[n+](CC)c(SCC2CCCC2)c1. The molecule has 0 N–H and O–H groups in total. The molecule has 1 aromatic heterocycles. The van der Waals surface area contributed by atoms with Crippen LogP contribution in [0.25, 0.3) is 0 Å². The van der Waals surface area contributed by atoms with Crippen LogP contribution >= 0.6 is 11.8 Å². The van der Waals surface area contributed by atoms with Crippen LogP contribution < -0.4 is 9.30 Å². The Morgan fingerprint density at radius 2 is 1.75 bits per heavy atom. The van der Waals surface area contributed by atoms with Crippen molar-refractivity contribution in [3.8, 4) is 5.75 Å². The first kappa shape index (κ1) is 23.2. The first-order chi connectivity index (χ1) is 13.8. The van der Waals surface area contributed by atoms with Crippen molar-refractivity contribution < 1.29 is 23.5 Å². The zero-order valence-electron chi connectivity index (χ0n) is 17.3. The van der Waals surface area contributed by atoms with Gasteiger partial charge in [0.2, 0.25) is 5.03 Å². The molecule has 0 spiro atoms. The van der Waals surface area contributed by atoms with Crippen LogP contribution in [-0.2, 0) is 20.8 Å². The molecule has 158 valence electrons. The minimum absolute atomic E-state index is 0.547. The van der Waals surface area contributed by atoms with Gasteiger partial charge in [-0.2, -0.15) is 4.57 Å². The van der Waals surface area contributed by atoms with Gasteiger partial charge in [0.15, 0.2) is 6.20 Å². The fraction of sp³-hybridized carbons (Fsp3) is 0.682. The standard InChI is InChI=1S/C22H36NO4S/c1-3-11-24-12-13-25-14-15-26-16-17-27-21-9-10-23(4-2)22(18-21)28-19-20-7-5-6-8-20/h3,9-10,18,20H,1,4-8,11-17,19H2,2H3/q+1. The average Bonchev–Trinajstić information content (AvgIpc) is 3.24. The molecule has 0 aliphatic heterocycles. The summed E-state index contributed by atoms with van der Waals surface area (Å²) >= 11 is 1.96. The van der Waals surface area contributed by atoms with Gasteiger partial charge >= 0.3 is 0 Å². The van der Waals surface area contributed by atoms with E-state index < -0.39 is 0 Å². The lowest BCUT2D eigenvalue weighted by atomic mass is 10.1. The fourth-order valence-corrected chi connectivity index (χ4v) is 4.47. The Morgan fingerprint density at radius 3 is 2.43 bits per heavy atom. The molecule has 0 atom stereocenters. The Balaban J connectivity index is 1.58. The Kier molecular flexibility index (Phi) is 12.3. The maximum absolute atomic E-state index is 5.87. The molecule has 1 heterocycles. The van der Waals surface area contributed by atoms with Gasteiger partial charge in [-0.3, -0.25) is 0 Å². The topological polar surface area (TPSA) is 40.8 Å². The minimum atomic E-state index is 0.547. The van der Waals surface area contributed by atoms with Crippen molar-refractivity contribution in [1.82, 2.24) is 0 Å². The molecule has 0 aromatic carbocycles. The van der Waals surface area contributed by atoms with Crippen LogP contribution in [0.1, 0.15) is 32.6 Å². The van der Waals surface area contributed by atoms with Crippen molar-refractivity contribution in [2.45, 2.75) is 44.2 Å². The molecule has 0 amide bonds. The molecule has 28 heavy (non-hydrogen) atoms. The summed E-state index contributed by atoms with van der Waals surface area (Å²) in [5.41, 5.74) is 0. The summed E-state index contributed by atoms with van der Waals surface area (Å²) in [4.78, 5) is 0. The monoisotopic (exact) mass is 410 g/mol. The minimum Gasteiger partial charge on any atom is -0.491 e. The zero-order chi connectivity index (χ0) is 19.9. The van der Waals surface area contributed by atoms with Gasteiger partial charge in [0.05, 0.1) is 45.7 Å². The van der Waals surface area contributed by atoms with Crippen molar-refractivity contribution in [2.75, 3.05) is 52.0 Å². The Morgan fingerprint density at radius 1 is 1.07 bits per heavy atom. The fourth-order valence-electron chi connectivity index (χ4n) is 3.17. The van der Waals surface area contributed by atoms with Gasteiger partial charge in [0.25, 0.3) is 0 Å². The summed E-state index contributed by atoms with van der Waals surface area (Å²) in [7, 11) is 0. The highest BCUT2D eigenvalue weighted by atomic mass is 32.2. The molecule has 6 heteroatoms. The van der Waals surface area contributed by atoms with Crippen molar-refractivity contribution >= 4 is 11.8 Å². The second-order valence-corrected chi connectivity index (χ2v) is 7.93. The van der Waals surface area contributed by atoms with Gasteiger partial charge in [0.1, 0.15) is 18.9 Å². The number of aromatic nitrogens is 1. The summed E-state index contributed by atoms with van der Waals surface area (Å²) in [6, 6.07) is 4.20. The maximum atomic E-state index is 5.87. The van der Waals surface area contributed by atoms with Crippen LogP contribution in [-0.4, -0.2) is 52.0 Å². The summed E-state index contributed by atoms with van der Waals surface area (Å²) in [5.74, 6) is 3.01. The molecule has 0 saturated heterocycles. The van der Waals surface area contributed by atoms with E-state index in [0.717, 1.165) is 18.2 Å². The van der Waals surface area contributed by atoms with Crippen molar-refractivity contribution in [1.29, 1.82) is 0 Å². The van der Waals surface area contributed by atoms with Crippen LogP contribution in [0.2, 0.25) is 0 Å². The molecule has 1 aliphatic rings. The van der Waals surface area contributed by atoms with E-state index in [1.807, 2.05) is 17.8 Å². The average molecular weight is 411 g/mol. The predicted octanol–water partition coefficient (Wildman–Crippen LogP) is 3.89. The quantitative estimate of drug-likeness (QED) is 0.179. The normalized spacial score (nSPS) is 14.5. The van der Waals surface area contributed by atoms with Gasteiger partial charge in [0, 0.05) is 11.8 Å². The van der Waals surface area contributed by atoms with Gasteiger partial charge in [-0.25, -0.2) is 0 Å². The highest BCUT2D eigenvalue weighted by molar-refractivity contribution is 7.99. The maximum Gasteiger partial charge on any atom is 0.243 e. The summed E-state index contributed by atoms with van der Waals surface area (Å²) in [6.45, 7) is 10.7. The highest BCUT2D eigenvalue weighted by Crippen LogP contribution is 2.30. The second-order valence-electron chi connectivity index (χ2n) is 6.88. The van der Waals surface area contributed by atoms with Crippen LogP contribution in [0.3, 0.4) is 0 Å². The first-order valence-electron chi connectivity index (χ1n) is 10.5. The lowest BCUT2D eigenvalue weighted by molar-refractivity contribution is -0.729. The molecule has 1 fully saturated rings. The van der Waals surface area contributed by atoms with E-state index in [-0.39, 0.29) is 0 Å². The van der Waals surface area contributed by atoms with E-state index in [4.69, 9.17) is 18.9 Å².